The molecule has 0 aromatic rings. The van der Waals surface area contributed by atoms with Gasteiger partial charge in [-0.3, -0.25) is 14.2 Å². The van der Waals surface area contributed by atoms with Gasteiger partial charge in [-0.2, -0.15) is 0 Å². The number of quaternary nitrogens is 1. The van der Waals surface area contributed by atoms with E-state index in [1.807, 2.05) is 33.3 Å². The fraction of sp³-hybridized carbons (Fsp3) is 0.855. The van der Waals surface area contributed by atoms with Crippen molar-refractivity contribution in [1.29, 1.82) is 0 Å². The largest absolute Gasteiger partial charge is 0.756 e. The van der Waals surface area contributed by atoms with Gasteiger partial charge in [0, 0.05) is 12.8 Å². The standard InChI is InChI=1S/C55H105N2O7P/c1-7-10-13-16-19-22-25-27-28-30-33-36-39-42-45-48-55(59)64-53(46-43-40-37-34-31-24-21-18-15-12-9-3)52(51-63-65(60,61)62-50-49-57(4,5)6)56-54(58)47-44-41-38-35-32-29-26-23-20-17-14-11-8-2/h19,22,25,27,43,46,52-53H,7-18,20-21,23-24,26,28-42,44-45,47-51H2,1-6H3,(H-,56,58,60,61)/b22-19+,27-25+,46-43+. The van der Waals surface area contributed by atoms with Crippen LogP contribution in [0.3, 0.4) is 0 Å². The molecule has 0 bridgehead atoms. The van der Waals surface area contributed by atoms with Gasteiger partial charge in [0.25, 0.3) is 7.82 Å². The van der Waals surface area contributed by atoms with Crippen LogP contribution in [0.2, 0.25) is 0 Å². The molecule has 382 valence electrons. The van der Waals surface area contributed by atoms with Crippen LogP contribution in [0.25, 0.3) is 0 Å². The van der Waals surface area contributed by atoms with Crippen molar-refractivity contribution in [2.75, 3.05) is 40.9 Å². The van der Waals surface area contributed by atoms with Crippen molar-refractivity contribution in [2.24, 2.45) is 0 Å². The first kappa shape index (κ1) is 63.2. The third-order valence-electron chi connectivity index (χ3n) is 12.1. The van der Waals surface area contributed by atoms with E-state index in [9.17, 15) is 19.0 Å². The van der Waals surface area contributed by atoms with Crippen molar-refractivity contribution >= 4 is 19.7 Å². The topological polar surface area (TPSA) is 114 Å². The number of phosphoric ester groups is 1. The van der Waals surface area contributed by atoms with Gasteiger partial charge >= 0.3 is 5.97 Å². The molecule has 0 aromatic carbocycles. The van der Waals surface area contributed by atoms with Crippen molar-refractivity contribution in [1.82, 2.24) is 5.32 Å². The number of likely N-dealkylation sites (N-methyl/N-ethyl adjacent to an activating group) is 1. The Bertz CT molecular complexity index is 1220. The van der Waals surface area contributed by atoms with Crippen LogP contribution in [-0.4, -0.2) is 69.4 Å². The van der Waals surface area contributed by atoms with Crippen LogP contribution in [-0.2, 0) is 27.9 Å². The first-order chi connectivity index (χ1) is 31.4. The summed E-state index contributed by atoms with van der Waals surface area (Å²) in [6, 6.07) is -0.886. The number of ether oxygens (including phenoxy) is 1. The smallest absolute Gasteiger partial charge is 0.306 e. The lowest BCUT2D eigenvalue weighted by atomic mass is 10.0. The molecular weight excluding hydrogens is 832 g/mol. The maximum atomic E-state index is 13.4. The third kappa shape index (κ3) is 47.1. The highest BCUT2D eigenvalue weighted by Crippen LogP contribution is 2.38. The Morgan fingerprint density at radius 1 is 0.538 bits per heavy atom. The van der Waals surface area contributed by atoms with Gasteiger partial charge in [0.2, 0.25) is 5.91 Å². The summed E-state index contributed by atoms with van der Waals surface area (Å²) in [7, 11) is 1.18. The molecule has 0 rings (SSSR count). The second-order valence-electron chi connectivity index (χ2n) is 19.8. The molecule has 10 heteroatoms. The number of nitrogens with one attached hydrogen (secondary N) is 1. The minimum absolute atomic E-state index is 0.0225. The lowest BCUT2D eigenvalue weighted by molar-refractivity contribution is -0.870. The number of phosphoric acid groups is 1. The van der Waals surface area contributed by atoms with E-state index >= 15 is 0 Å². The van der Waals surface area contributed by atoms with Gasteiger partial charge in [-0.25, -0.2) is 0 Å². The van der Waals surface area contributed by atoms with Crippen LogP contribution in [0.4, 0.5) is 0 Å². The van der Waals surface area contributed by atoms with Gasteiger partial charge in [0.05, 0.1) is 33.8 Å². The summed E-state index contributed by atoms with van der Waals surface area (Å²) in [5.41, 5.74) is 0. The maximum absolute atomic E-state index is 13.4. The molecule has 3 atom stereocenters. The lowest BCUT2D eigenvalue weighted by Crippen LogP contribution is -2.47. The van der Waals surface area contributed by atoms with E-state index < -0.39 is 20.0 Å². The molecule has 1 amide bonds. The quantitative estimate of drug-likeness (QED) is 0.0161. The van der Waals surface area contributed by atoms with E-state index in [1.54, 1.807) is 0 Å². The molecule has 0 spiro atoms. The number of amides is 1. The average molecular weight is 937 g/mol. The predicted molar refractivity (Wildman–Crippen MR) is 275 cm³/mol. The molecule has 0 aliphatic heterocycles. The van der Waals surface area contributed by atoms with Crippen molar-refractivity contribution < 1.29 is 37.3 Å². The molecule has 1 N–H and O–H groups in total. The van der Waals surface area contributed by atoms with E-state index in [4.69, 9.17) is 13.8 Å². The number of esters is 1. The fourth-order valence-corrected chi connectivity index (χ4v) is 8.53. The molecule has 0 aliphatic rings. The highest BCUT2D eigenvalue weighted by Gasteiger charge is 2.27. The Morgan fingerprint density at radius 3 is 1.38 bits per heavy atom. The minimum atomic E-state index is -4.69. The van der Waals surface area contributed by atoms with Crippen molar-refractivity contribution in [3.63, 3.8) is 0 Å². The summed E-state index contributed by atoms with van der Waals surface area (Å²) in [6.45, 7) is 6.80. The summed E-state index contributed by atoms with van der Waals surface area (Å²) in [5, 5.41) is 3.01. The lowest BCUT2D eigenvalue weighted by Gasteiger charge is -2.30. The van der Waals surface area contributed by atoms with Crippen LogP contribution >= 0.6 is 7.82 Å². The monoisotopic (exact) mass is 937 g/mol. The molecule has 0 heterocycles. The van der Waals surface area contributed by atoms with Gasteiger partial charge < -0.3 is 28.5 Å². The molecule has 3 unspecified atom stereocenters. The number of carbonyl (C=O) groups excluding carboxylic acids is 2. The van der Waals surface area contributed by atoms with E-state index in [0.717, 1.165) is 77.0 Å². The SMILES string of the molecule is CCCCC/C=C/C=C/CCCCCCCCC(=O)OC(/C=C/CCCCCCCCCCC)C(COP(=O)([O-])OCC[N+](C)(C)C)NC(=O)CCCCCCCCCCCCCCC. The number of hydrogen-bond donors (Lipinski definition) is 1. The van der Waals surface area contributed by atoms with Gasteiger partial charge in [0.1, 0.15) is 19.3 Å². The summed E-state index contributed by atoms with van der Waals surface area (Å²) >= 11 is 0. The summed E-state index contributed by atoms with van der Waals surface area (Å²) in [5.74, 6) is -0.549. The average Bonchev–Trinajstić information content (AvgIpc) is 3.26. The first-order valence-corrected chi connectivity index (χ1v) is 28.8. The molecule has 0 aromatic heterocycles. The highest BCUT2D eigenvalue weighted by molar-refractivity contribution is 7.45. The second-order valence-corrected chi connectivity index (χ2v) is 21.2. The molecule has 9 nitrogen and oxygen atoms in total. The minimum Gasteiger partial charge on any atom is -0.756 e. The zero-order valence-corrected chi connectivity index (χ0v) is 44.3. The summed E-state index contributed by atoms with van der Waals surface area (Å²) < 4.78 is 30.1. The van der Waals surface area contributed by atoms with Crippen LogP contribution in [0.1, 0.15) is 252 Å². The number of unbranched alkanes of at least 4 members (excludes halogenated alkanes) is 30. The molecule has 0 aliphatic carbocycles. The Balaban J connectivity index is 5.38. The van der Waals surface area contributed by atoms with E-state index in [-0.39, 0.29) is 31.5 Å². The van der Waals surface area contributed by atoms with Crippen LogP contribution < -0.4 is 10.2 Å². The fourth-order valence-electron chi connectivity index (χ4n) is 7.81. The van der Waals surface area contributed by atoms with Crippen molar-refractivity contribution in [3.8, 4) is 0 Å². The molecule has 0 radical (unpaired) electrons. The number of nitrogens with zero attached hydrogens (tertiary/aromatic N) is 1. The van der Waals surface area contributed by atoms with Crippen LogP contribution in [0, 0.1) is 0 Å². The summed E-state index contributed by atoms with van der Waals surface area (Å²) in [6.07, 6.45) is 52.4. The maximum Gasteiger partial charge on any atom is 0.306 e. The number of rotatable bonds is 49. The molecule has 65 heavy (non-hydrogen) atoms. The van der Waals surface area contributed by atoms with Crippen molar-refractivity contribution in [3.05, 3.63) is 36.5 Å². The van der Waals surface area contributed by atoms with Crippen molar-refractivity contribution in [2.45, 2.75) is 264 Å². The third-order valence-corrected chi connectivity index (χ3v) is 13.1. The number of carbonyl (C=O) groups is 2. The Morgan fingerprint density at radius 2 is 0.923 bits per heavy atom. The molecular formula is C55H105N2O7P. The van der Waals surface area contributed by atoms with Gasteiger partial charge in [-0.1, -0.05) is 218 Å². The Kier molecular flexibility index (Phi) is 44.7. The predicted octanol–water partition coefficient (Wildman–Crippen LogP) is 15.4. The molecule has 0 fully saturated rings. The van der Waals surface area contributed by atoms with E-state index in [1.165, 1.54) is 141 Å². The Labute approximate surface area is 402 Å². The number of allylic oxidation sites excluding steroid dienone is 5. The van der Waals surface area contributed by atoms with Gasteiger partial charge in [0.15, 0.2) is 0 Å². The van der Waals surface area contributed by atoms with Gasteiger partial charge in [-0.15, -0.1) is 0 Å². The second kappa shape index (κ2) is 46.0. The molecule has 0 saturated carbocycles. The molecule has 0 saturated heterocycles. The Hall–Kier alpha value is -1.77. The normalized spacial score (nSPS) is 14.1. The summed E-state index contributed by atoms with van der Waals surface area (Å²) in [4.78, 5) is 39.7. The zero-order chi connectivity index (χ0) is 48.0. The van der Waals surface area contributed by atoms with Crippen LogP contribution in [0.15, 0.2) is 36.5 Å². The first-order valence-electron chi connectivity index (χ1n) is 27.3. The zero-order valence-electron chi connectivity index (χ0n) is 43.4. The number of hydrogen-bond acceptors (Lipinski definition) is 7. The van der Waals surface area contributed by atoms with E-state index in [2.05, 4.69) is 50.4 Å². The highest BCUT2D eigenvalue weighted by atomic mass is 31.2. The van der Waals surface area contributed by atoms with Crippen LogP contribution in [0.5, 0.6) is 0 Å². The van der Waals surface area contributed by atoms with E-state index in [0.29, 0.717) is 17.4 Å². The van der Waals surface area contributed by atoms with Gasteiger partial charge in [-0.05, 0) is 57.4 Å².